The molecular formula is C83H52N8. The molecule has 0 radical (unpaired) electrons. The maximum atomic E-state index is 10.5. The zero-order chi connectivity index (χ0) is 60.9. The molecule has 8 nitrogen and oxygen atoms in total. The number of hydrogen-bond donors (Lipinski definition) is 0. The summed E-state index contributed by atoms with van der Waals surface area (Å²) in [7, 11) is 0. The van der Waals surface area contributed by atoms with E-state index in [1.165, 1.54) is 0 Å². The van der Waals surface area contributed by atoms with Gasteiger partial charge in [-0.05, 0) is 139 Å². The quantitative estimate of drug-likeness (QED) is 0.120. The summed E-state index contributed by atoms with van der Waals surface area (Å²) in [4.78, 5) is 25.6. The fourth-order valence-electron chi connectivity index (χ4n) is 13.0. The first kappa shape index (κ1) is 53.8. The zero-order valence-electron chi connectivity index (χ0n) is 49.4. The predicted octanol–water partition coefficient (Wildman–Crippen LogP) is 21.2. The Morgan fingerprint density at radius 3 is 0.978 bits per heavy atom. The van der Waals surface area contributed by atoms with Crippen molar-refractivity contribution in [3.63, 3.8) is 0 Å². The van der Waals surface area contributed by atoms with Gasteiger partial charge in [-0.3, -0.25) is 0 Å². The highest BCUT2D eigenvalue weighted by Crippen LogP contribution is 2.48. The predicted molar refractivity (Wildman–Crippen MR) is 371 cm³/mol. The molecule has 0 spiro atoms. The van der Waals surface area contributed by atoms with Crippen LogP contribution in [0.1, 0.15) is 11.1 Å². The lowest BCUT2D eigenvalue weighted by molar-refractivity contribution is 1.14. The molecule has 8 heteroatoms. The number of aryl methyl sites for hydroxylation is 1. The molecule has 0 saturated heterocycles. The Labute approximate surface area is 526 Å². The number of rotatable bonds is 11. The van der Waals surface area contributed by atoms with Gasteiger partial charge in [-0.1, -0.05) is 182 Å². The molecule has 0 aliphatic carbocycles. The van der Waals surface area contributed by atoms with Crippen LogP contribution >= 0.6 is 0 Å². The number of nitriles is 1. The van der Waals surface area contributed by atoms with Crippen molar-refractivity contribution in [2.45, 2.75) is 6.92 Å². The molecule has 10 aromatic carbocycles. The van der Waals surface area contributed by atoms with Crippen molar-refractivity contribution >= 4 is 49.3 Å². The molecule has 0 unspecified atom stereocenters. The van der Waals surface area contributed by atoms with Gasteiger partial charge in [0.05, 0.1) is 97.2 Å². The van der Waals surface area contributed by atoms with Gasteiger partial charge in [0, 0.05) is 66.1 Å². The molecule has 0 bridgehead atoms. The third-order valence-electron chi connectivity index (χ3n) is 17.2. The fraction of sp³-hybridized carbons (Fsp3) is 0.0120. The van der Waals surface area contributed by atoms with E-state index in [0.717, 1.165) is 150 Å². The van der Waals surface area contributed by atoms with E-state index in [4.69, 9.17) is 19.9 Å². The van der Waals surface area contributed by atoms with E-state index in [2.05, 4.69) is 232 Å². The number of nitrogens with zero attached hydrogens (tertiary/aromatic N) is 8. The van der Waals surface area contributed by atoms with Gasteiger partial charge >= 0.3 is 0 Å². The van der Waals surface area contributed by atoms with Gasteiger partial charge in [0.1, 0.15) is 0 Å². The van der Waals surface area contributed by atoms with Gasteiger partial charge in [0.15, 0.2) is 0 Å². The first-order valence-electron chi connectivity index (χ1n) is 30.3. The first-order valence-corrected chi connectivity index (χ1v) is 30.3. The summed E-state index contributed by atoms with van der Waals surface area (Å²) >= 11 is 0. The lowest BCUT2D eigenvalue weighted by atomic mass is 9.97. The highest BCUT2D eigenvalue weighted by Gasteiger charge is 2.26. The van der Waals surface area contributed by atoms with Crippen LogP contribution in [0.3, 0.4) is 0 Å². The molecule has 0 N–H and O–H groups in total. The molecule has 6 aromatic heterocycles. The maximum Gasteiger partial charge on any atom is 0.234 e. The second-order valence-corrected chi connectivity index (χ2v) is 22.8. The number of hydrogen-bond acceptors (Lipinski definition) is 5. The van der Waals surface area contributed by atoms with E-state index >= 15 is 0 Å². The van der Waals surface area contributed by atoms with Crippen molar-refractivity contribution in [3.05, 3.63) is 320 Å². The number of aromatic nitrogens is 6. The Balaban J connectivity index is 0.959. The van der Waals surface area contributed by atoms with Crippen molar-refractivity contribution in [1.82, 2.24) is 29.1 Å². The summed E-state index contributed by atoms with van der Waals surface area (Å²) in [5.41, 5.74) is 23.4. The Hall–Kier alpha value is -12.6. The Morgan fingerprint density at radius 2 is 0.648 bits per heavy atom. The van der Waals surface area contributed by atoms with Gasteiger partial charge < -0.3 is 9.13 Å². The number of benzene rings is 10. The number of pyridine rings is 4. The molecule has 91 heavy (non-hydrogen) atoms. The summed E-state index contributed by atoms with van der Waals surface area (Å²) < 4.78 is 4.51. The topological polar surface area (TPSA) is 89.6 Å². The summed E-state index contributed by atoms with van der Waals surface area (Å²) in [5, 5.41) is 14.5. The lowest BCUT2D eigenvalue weighted by Crippen LogP contribution is -2.03. The molecule has 0 saturated carbocycles. The summed E-state index contributed by atoms with van der Waals surface area (Å²) in [6.45, 7) is 11.6. The van der Waals surface area contributed by atoms with E-state index in [1.807, 2.05) is 91.9 Å². The van der Waals surface area contributed by atoms with Crippen LogP contribution in [-0.4, -0.2) is 29.1 Å². The Morgan fingerprint density at radius 1 is 0.319 bits per heavy atom. The zero-order valence-corrected chi connectivity index (χ0v) is 49.4. The van der Waals surface area contributed by atoms with Gasteiger partial charge in [-0.15, -0.1) is 0 Å². The largest absolute Gasteiger partial charge is 0.319 e. The maximum absolute atomic E-state index is 10.5. The highest BCUT2D eigenvalue weighted by atomic mass is 15.1. The van der Waals surface area contributed by atoms with E-state index in [1.54, 1.807) is 0 Å². The van der Waals surface area contributed by atoms with Crippen molar-refractivity contribution in [2.24, 2.45) is 0 Å². The molecular weight excluding hydrogens is 1110 g/mol. The third-order valence-corrected chi connectivity index (χ3v) is 17.2. The molecule has 0 fully saturated rings. The highest BCUT2D eigenvalue weighted by molar-refractivity contribution is 6.15. The second-order valence-electron chi connectivity index (χ2n) is 22.8. The van der Waals surface area contributed by atoms with E-state index in [9.17, 15) is 11.8 Å². The van der Waals surface area contributed by atoms with Crippen molar-refractivity contribution in [3.8, 4) is 119 Å². The molecule has 16 rings (SSSR count). The second kappa shape index (κ2) is 22.6. The molecule has 0 amide bonds. The van der Waals surface area contributed by atoms with Crippen molar-refractivity contribution in [2.75, 3.05) is 0 Å². The van der Waals surface area contributed by atoms with Crippen LogP contribution in [0.25, 0.3) is 161 Å². The van der Waals surface area contributed by atoms with Crippen LogP contribution in [-0.2, 0) is 0 Å². The van der Waals surface area contributed by atoms with Crippen LogP contribution in [0.5, 0.6) is 0 Å². The Bertz CT molecular complexity index is 5340. The average Bonchev–Trinajstić information content (AvgIpc) is 1.67. The van der Waals surface area contributed by atoms with Gasteiger partial charge in [-0.2, -0.15) is 5.26 Å². The molecule has 0 atom stereocenters. The fourth-order valence-corrected chi connectivity index (χ4v) is 13.0. The van der Waals surface area contributed by atoms with Crippen LogP contribution in [0.15, 0.2) is 297 Å². The first-order chi connectivity index (χ1) is 44.9. The molecule has 0 aliphatic rings. The SMILES string of the molecule is [C-]#[N+]c1c(-n2c3ccc(-c4cccc(-c5ccccc5)n4)cc3c3cc(-c4cccc(-c5ccccc5)n4)ccc32)ccc(-c2cc(C)cc(C#N)c2)c1-n1c2ccc(-c3cccc(-c4ccccc4)n3)cc2c2cc(-c3cccc(-c4ccccc4)n3)ccc21. The normalized spacial score (nSPS) is 11.3. The van der Waals surface area contributed by atoms with Crippen molar-refractivity contribution in [1.29, 1.82) is 5.26 Å². The molecule has 6 heterocycles. The van der Waals surface area contributed by atoms with E-state index in [0.29, 0.717) is 22.6 Å². The Kier molecular flexibility index (Phi) is 13.4. The minimum absolute atomic E-state index is 0.431. The van der Waals surface area contributed by atoms with Gasteiger partial charge in [0.25, 0.3) is 0 Å². The summed E-state index contributed by atoms with van der Waals surface area (Å²) in [5.74, 6) is 0. The lowest BCUT2D eigenvalue weighted by Gasteiger charge is -2.21. The molecule has 424 valence electrons. The monoisotopic (exact) mass is 1160 g/mol. The van der Waals surface area contributed by atoms with Crippen LogP contribution in [0.4, 0.5) is 5.69 Å². The van der Waals surface area contributed by atoms with Crippen LogP contribution in [0, 0.1) is 24.8 Å². The minimum atomic E-state index is 0.431. The van der Waals surface area contributed by atoms with Crippen molar-refractivity contribution < 1.29 is 0 Å². The van der Waals surface area contributed by atoms with E-state index < -0.39 is 0 Å². The third kappa shape index (κ3) is 9.75. The summed E-state index contributed by atoms with van der Waals surface area (Å²) in [6.07, 6.45) is 0. The van der Waals surface area contributed by atoms with Crippen LogP contribution in [0.2, 0.25) is 0 Å². The standard InChI is InChI=1S/C83H52N8/c1-53-45-54(52-84)47-63(46-53)64-39-44-81(90-77-40-35-59(73-31-15-27-69(86-73)55-19-7-3-8-20-55)48-65(77)66-49-60(36-41-78(66)90)74-32-16-28-70(87-74)56-21-9-4-10-22-56)82(85-2)83(64)91-79-42-37-61(75-33-17-29-71(88-75)57-23-11-5-12-24-57)50-67(79)68-51-62(38-43-80(68)91)76-34-18-30-72(89-76)58-25-13-6-14-26-58/h3-51H,1H3. The average molecular weight is 1160 g/mol. The van der Waals surface area contributed by atoms with Crippen LogP contribution < -0.4 is 0 Å². The van der Waals surface area contributed by atoms with E-state index in [-0.39, 0.29) is 0 Å². The molecule has 0 aliphatic heterocycles. The smallest absolute Gasteiger partial charge is 0.234 e. The number of fused-ring (bicyclic) bond motifs is 6. The minimum Gasteiger partial charge on any atom is -0.319 e. The van der Waals surface area contributed by atoms with Gasteiger partial charge in [0.2, 0.25) is 5.69 Å². The molecule has 16 aromatic rings. The summed E-state index contributed by atoms with van der Waals surface area (Å²) in [6, 6.07) is 105. The van der Waals surface area contributed by atoms with Gasteiger partial charge in [-0.25, -0.2) is 24.8 Å².